The molecule has 114 valence electrons. The Bertz CT molecular complexity index is 771. The first-order valence-electron chi connectivity index (χ1n) is 7.96. The lowest BCUT2D eigenvalue weighted by Gasteiger charge is -2.26. The van der Waals surface area contributed by atoms with Crippen molar-refractivity contribution in [3.05, 3.63) is 90.3 Å². The number of pyridine rings is 1. The number of fused-ring (bicyclic) bond motifs is 1. The normalized spacial score (nSPS) is 16.0. The third-order valence-electron chi connectivity index (χ3n) is 4.24. The monoisotopic (exact) mass is 301 g/mol. The molecule has 0 saturated carbocycles. The lowest BCUT2D eigenvalue weighted by molar-refractivity contribution is 0.659. The molecule has 4 rings (SSSR count). The van der Waals surface area contributed by atoms with Crippen molar-refractivity contribution in [3.8, 4) is 0 Å². The molecule has 3 nitrogen and oxygen atoms in total. The number of para-hydroxylation sites is 2. The zero-order valence-electron chi connectivity index (χ0n) is 12.9. The van der Waals surface area contributed by atoms with Crippen LogP contribution in [0.3, 0.4) is 0 Å². The largest absolute Gasteiger partial charge is 0.363 e. The number of rotatable bonds is 4. The van der Waals surface area contributed by atoms with Crippen LogP contribution in [0.1, 0.15) is 11.3 Å². The summed E-state index contributed by atoms with van der Waals surface area (Å²) >= 11 is 0. The summed E-state index contributed by atoms with van der Waals surface area (Å²) in [6, 6.07) is 25.2. The fraction of sp³-hybridized carbons (Fsp3) is 0.150. The minimum Gasteiger partial charge on any atom is -0.363 e. The number of aromatic nitrogens is 1. The molecule has 23 heavy (non-hydrogen) atoms. The second kappa shape index (κ2) is 6.13. The van der Waals surface area contributed by atoms with Gasteiger partial charge in [0.15, 0.2) is 0 Å². The quantitative estimate of drug-likeness (QED) is 0.787. The summed E-state index contributed by atoms with van der Waals surface area (Å²) < 4.78 is 0. The molecule has 3 aromatic rings. The topological polar surface area (TPSA) is 28.2 Å². The molecular formula is C20H19N3. The van der Waals surface area contributed by atoms with Crippen LogP contribution in [0.4, 0.5) is 11.4 Å². The summed E-state index contributed by atoms with van der Waals surface area (Å²) in [5.74, 6) is 0. The Morgan fingerprint density at radius 3 is 2.48 bits per heavy atom. The number of benzene rings is 2. The molecule has 0 bridgehead atoms. The molecule has 1 aliphatic heterocycles. The maximum Gasteiger partial charge on any atom is 0.104 e. The third kappa shape index (κ3) is 2.90. The predicted octanol–water partition coefficient (Wildman–Crippen LogP) is 4.08. The minimum absolute atomic E-state index is 0.247. The van der Waals surface area contributed by atoms with Crippen molar-refractivity contribution in [1.82, 2.24) is 4.98 Å². The summed E-state index contributed by atoms with van der Waals surface area (Å²) in [7, 11) is 0. The zero-order chi connectivity index (χ0) is 15.5. The number of nitrogens with one attached hydrogen (secondary N) is 1. The van der Waals surface area contributed by atoms with E-state index in [0.29, 0.717) is 0 Å². The van der Waals surface area contributed by atoms with Crippen LogP contribution in [0, 0.1) is 0 Å². The SMILES string of the molecule is c1ccc(CC2Nc3ccccc3N2Cc2ccccn2)cc1. The summed E-state index contributed by atoms with van der Waals surface area (Å²) in [6.07, 6.45) is 3.07. The van der Waals surface area contributed by atoms with Crippen LogP contribution in [-0.4, -0.2) is 11.1 Å². The molecule has 0 saturated heterocycles. The number of nitrogens with zero attached hydrogens (tertiary/aromatic N) is 2. The lowest BCUT2D eigenvalue weighted by atomic mass is 10.1. The Morgan fingerprint density at radius 1 is 0.870 bits per heavy atom. The Labute approximate surface area is 136 Å². The highest BCUT2D eigenvalue weighted by Gasteiger charge is 2.28. The summed E-state index contributed by atoms with van der Waals surface area (Å²) in [5.41, 5.74) is 4.87. The molecule has 2 heterocycles. The first kappa shape index (κ1) is 13.8. The zero-order valence-corrected chi connectivity index (χ0v) is 12.9. The summed E-state index contributed by atoms with van der Waals surface area (Å²) in [5, 5.41) is 3.65. The van der Waals surface area contributed by atoms with Crippen molar-refractivity contribution in [2.45, 2.75) is 19.1 Å². The van der Waals surface area contributed by atoms with Gasteiger partial charge in [0, 0.05) is 12.6 Å². The van der Waals surface area contributed by atoms with Gasteiger partial charge in [0.2, 0.25) is 0 Å². The van der Waals surface area contributed by atoms with Gasteiger partial charge in [0.05, 0.1) is 23.6 Å². The van der Waals surface area contributed by atoms with E-state index in [9.17, 15) is 0 Å². The number of hydrogen-bond donors (Lipinski definition) is 1. The van der Waals surface area contributed by atoms with Crippen molar-refractivity contribution in [1.29, 1.82) is 0 Å². The lowest BCUT2D eigenvalue weighted by Crippen LogP contribution is -2.37. The fourth-order valence-electron chi connectivity index (χ4n) is 3.13. The smallest absolute Gasteiger partial charge is 0.104 e. The van der Waals surface area contributed by atoms with Crippen LogP contribution in [0.15, 0.2) is 79.0 Å². The maximum absolute atomic E-state index is 4.49. The number of anilines is 2. The van der Waals surface area contributed by atoms with E-state index in [1.54, 1.807) is 0 Å². The standard InChI is InChI=1S/C20H19N3/c1-2-8-16(9-3-1)14-20-22-18-11-4-5-12-19(18)23(20)15-17-10-6-7-13-21-17/h1-13,20,22H,14-15H2. The van der Waals surface area contributed by atoms with E-state index in [-0.39, 0.29) is 6.17 Å². The van der Waals surface area contributed by atoms with E-state index >= 15 is 0 Å². The molecule has 0 fully saturated rings. The second-order valence-corrected chi connectivity index (χ2v) is 5.82. The van der Waals surface area contributed by atoms with Gasteiger partial charge in [-0.3, -0.25) is 4.98 Å². The van der Waals surface area contributed by atoms with Crippen molar-refractivity contribution in [2.24, 2.45) is 0 Å². The molecule has 0 aliphatic carbocycles. The first-order chi connectivity index (χ1) is 11.4. The average Bonchev–Trinajstić information content (AvgIpc) is 2.94. The van der Waals surface area contributed by atoms with Crippen molar-refractivity contribution >= 4 is 11.4 Å². The van der Waals surface area contributed by atoms with Gasteiger partial charge in [-0.15, -0.1) is 0 Å². The van der Waals surface area contributed by atoms with Crippen molar-refractivity contribution < 1.29 is 0 Å². The molecule has 0 radical (unpaired) electrons. The predicted molar refractivity (Wildman–Crippen MR) is 94.4 cm³/mol. The molecule has 1 unspecified atom stereocenters. The molecule has 1 N–H and O–H groups in total. The van der Waals surface area contributed by atoms with Crippen LogP contribution in [0.25, 0.3) is 0 Å². The highest BCUT2D eigenvalue weighted by molar-refractivity contribution is 5.76. The van der Waals surface area contributed by atoms with Crippen molar-refractivity contribution in [3.63, 3.8) is 0 Å². The molecule has 0 spiro atoms. The van der Waals surface area contributed by atoms with E-state index in [2.05, 4.69) is 75.9 Å². The van der Waals surface area contributed by atoms with Gasteiger partial charge in [0.25, 0.3) is 0 Å². The molecule has 0 amide bonds. The average molecular weight is 301 g/mol. The summed E-state index contributed by atoms with van der Waals surface area (Å²) in [4.78, 5) is 6.89. The third-order valence-corrected chi connectivity index (χ3v) is 4.24. The van der Waals surface area contributed by atoms with Gasteiger partial charge in [-0.1, -0.05) is 48.5 Å². The second-order valence-electron chi connectivity index (χ2n) is 5.82. The van der Waals surface area contributed by atoms with E-state index in [1.807, 2.05) is 18.3 Å². The van der Waals surface area contributed by atoms with E-state index in [4.69, 9.17) is 0 Å². The van der Waals surface area contributed by atoms with E-state index in [1.165, 1.54) is 16.9 Å². The Morgan fingerprint density at radius 2 is 1.65 bits per heavy atom. The Hall–Kier alpha value is -2.81. The first-order valence-corrected chi connectivity index (χ1v) is 7.96. The minimum atomic E-state index is 0.247. The highest BCUT2D eigenvalue weighted by Crippen LogP contribution is 2.36. The van der Waals surface area contributed by atoms with E-state index in [0.717, 1.165) is 18.7 Å². The molecular weight excluding hydrogens is 282 g/mol. The van der Waals surface area contributed by atoms with Gasteiger partial charge in [-0.05, 0) is 29.8 Å². The Kier molecular flexibility index (Phi) is 3.68. The van der Waals surface area contributed by atoms with Gasteiger partial charge >= 0.3 is 0 Å². The summed E-state index contributed by atoms with van der Waals surface area (Å²) in [6.45, 7) is 0.808. The van der Waals surface area contributed by atoms with Gasteiger partial charge < -0.3 is 10.2 Å². The van der Waals surface area contributed by atoms with E-state index < -0.39 is 0 Å². The van der Waals surface area contributed by atoms with Gasteiger partial charge in [0.1, 0.15) is 6.17 Å². The molecule has 1 aromatic heterocycles. The van der Waals surface area contributed by atoms with Crippen LogP contribution in [0.5, 0.6) is 0 Å². The van der Waals surface area contributed by atoms with Crippen LogP contribution in [-0.2, 0) is 13.0 Å². The van der Waals surface area contributed by atoms with Gasteiger partial charge in [-0.2, -0.15) is 0 Å². The van der Waals surface area contributed by atoms with Crippen LogP contribution < -0.4 is 10.2 Å². The van der Waals surface area contributed by atoms with Crippen LogP contribution in [0.2, 0.25) is 0 Å². The molecule has 2 aromatic carbocycles. The molecule has 1 atom stereocenters. The fourth-order valence-corrected chi connectivity index (χ4v) is 3.13. The highest BCUT2D eigenvalue weighted by atomic mass is 15.3. The van der Waals surface area contributed by atoms with Crippen molar-refractivity contribution in [2.75, 3.05) is 10.2 Å². The Balaban J connectivity index is 1.63. The van der Waals surface area contributed by atoms with Gasteiger partial charge in [-0.25, -0.2) is 0 Å². The molecule has 1 aliphatic rings. The van der Waals surface area contributed by atoms with Crippen LogP contribution >= 0.6 is 0 Å². The number of hydrogen-bond acceptors (Lipinski definition) is 3. The molecule has 3 heteroatoms. The maximum atomic E-state index is 4.49.